The zero-order chi connectivity index (χ0) is 15.3. The fourth-order valence-electron chi connectivity index (χ4n) is 3.72. The topological polar surface area (TPSA) is 20.3 Å². The molecule has 2 nitrogen and oxygen atoms in total. The van der Waals surface area contributed by atoms with Crippen molar-refractivity contribution in [3.8, 4) is 0 Å². The molecule has 0 N–H and O–H groups in total. The maximum absolute atomic E-state index is 13.2. The fourth-order valence-corrected chi connectivity index (χ4v) is 4.64. The predicted octanol–water partition coefficient (Wildman–Crippen LogP) is 4.66. The van der Waals surface area contributed by atoms with Crippen LogP contribution in [0, 0.1) is 13.8 Å². The first kappa shape index (κ1) is 14.0. The van der Waals surface area contributed by atoms with Gasteiger partial charge < -0.3 is 4.90 Å². The van der Waals surface area contributed by atoms with Crippen LogP contribution in [-0.2, 0) is 6.42 Å². The van der Waals surface area contributed by atoms with E-state index in [1.807, 2.05) is 0 Å². The van der Waals surface area contributed by atoms with Crippen LogP contribution in [0.15, 0.2) is 30.3 Å². The second kappa shape index (κ2) is 5.24. The normalized spacial score (nSPS) is 20.0. The largest absolute Gasteiger partial charge is 0.329 e. The van der Waals surface area contributed by atoms with Crippen LogP contribution in [0.2, 0.25) is 0 Å². The molecule has 22 heavy (non-hydrogen) atoms. The number of benzene rings is 1. The number of amides is 1. The van der Waals surface area contributed by atoms with Crippen LogP contribution in [0.4, 0.5) is 0 Å². The Hall–Kier alpha value is -1.61. The van der Waals surface area contributed by atoms with Gasteiger partial charge in [0.15, 0.2) is 0 Å². The van der Waals surface area contributed by atoms with Gasteiger partial charge in [0.2, 0.25) is 0 Å². The van der Waals surface area contributed by atoms with E-state index in [1.54, 1.807) is 11.3 Å². The average Bonchev–Trinajstić information content (AvgIpc) is 3.15. The van der Waals surface area contributed by atoms with Crippen LogP contribution in [0.5, 0.6) is 0 Å². The summed E-state index contributed by atoms with van der Waals surface area (Å²) in [6.45, 7) is 4.15. The van der Waals surface area contributed by atoms with E-state index in [9.17, 15) is 4.79 Å². The summed E-state index contributed by atoms with van der Waals surface area (Å²) >= 11 is 1.73. The maximum atomic E-state index is 13.2. The Morgan fingerprint density at radius 3 is 2.64 bits per heavy atom. The number of fused-ring (bicyclic) bond motifs is 1. The minimum atomic E-state index is 0.242. The number of carbonyl (C=O) groups excluding carboxylic acids is 1. The van der Waals surface area contributed by atoms with Crippen molar-refractivity contribution in [3.05, 3.63) is 56.8 Å². The maximum Gasteiger partial charge on any atom is 0.255 e. The van der Waals surface area contributed by atoms with Crippen molar-refractivity contribution in [3.63, 3.8) is 0 Å². The number of rotatable bonds is 3. The van der Waals surface area contributed by atoms with Crippen molar-refractivity contribution in [2.45, 2.75) is 51.6 Å². The van der Waals surface area contributed by atoms with Gasteiger partial charge in [-0.25, -0.2) is 0 Å². The highest BCUT2D eigenvalue weighted by molar-refractivity contribution is 7.12. The zero-order valence-corrected chi connectivity index (χ0v) is 14.0. The van der Waals surface area contributed by atoms with Gasteiger partial charge in [0, 0.05) is 15.8 Å². The molecule has 1 saturated carbocycles. The van der Waals surface area contributed by atoms with E-state index in [1.165, 1.54) is 16.0 Å². The highest BCUT2D eigenvalue weighted by atomic mass is 32.1. The lowest BCUT2D eigenvalue weighted by atomic mass is 10.1. The first-order valence-electron chi connectivity index (χ1n) is 8.12. The minimum Gasteiger partial charge on any atom is -0.329 e. The summed E-state index contributed by atoms with van der Waals surface area (Å²) in [7, 11) is 0. The Kier molecular flexibility index (Phi) is 3.33. The van der Waals surface area contributed by atoms with Gasteiger partial charge in [0.05, 0.1) is 11.6 Å². The summed E-state index contributed by atoms with van der Waals surface area (Å²) in [5.74, 6) is 0.242. The van der Waals surface area contributed by atoms with Crippen LogP contribution >= 0.6 is 11.3 Å². The van der Waals surface area contributed by atoms with Crippen molar-refractivity contribution in [1.29, 1.82) is 0 Å². The van der Waals surface area contributed by atoms with Gasteiger partial charge in [0.1, 0.15) is 0 Å². The molecule has 114 valence electrons. The second-order valence-electron chi connectivity index (χ2n) is 6.52. The molecule has 1 fully saturated rings. The lowest BCUT2D eigenvalue weighted by molar-refractivity contribution is 0.0658. The van der Waals surface area contributed by atoms with Gasteiger partial charge >= 0.3 is 0 Å². The van der Waals surface area contributed by atoms with E-state index in [0.717, 1.165) is 36.1 Å². The van der Waals surface area contributed by atoms with E-state index < -0.39 is 0 Å². The third kappa shape index (κ3) is 2.28. The summed E-state index contributed by atoms with van der Waals surface area (Å²) in [5, 5.41) is 0. The van der Waals surface area contributed by atoms with Gasteiger partial charge in [0.25, 0.3) is 5.91 Å². The number of hydrogen-bond acceptors (Lipinski definition) is 2. The molecule has 4 rings (SSSR count). The molecule has 1 amide bonds. The van der Waals surface area contributed by atoms with Crippen LogP contribution in [0.3, 0.4) is 0 Å². The predicted molar refractivity (Wildman–Crippen MR) is 90.5 cm³/mol. The number of aryl methyl sites for hydroxylation is 3. The molecular weight excluding hydrogens is 290 g/mol. The molecule has 0 bridgehead atoms. The van der Waals surface area contributed by atoms with Crippen LogP contribution in [0.25, 0.3) is 0 Å². The summed E-state index contributed by atoms with van der Waals surface area (Å²) < 4.78 is 0. The summed E-state index contributed by atoms with van der Waals surface area (Å²) in [5.41, 5.74) is 3.70. The quantitative estimate of drug-likeness (QED) is 0.807. The summed E-state index contributed by atoms with van der Waals surface area (Å²) in [6.07, 6.45) is 4.49. The van der Waals surface area contributed by atoms with Crippen molar-refractivity contribution in [2.24, 2.45) is 0 Å². The van der Waals surface area contributed by atoms with Crippen LogP contribution in [0.1, 0.15) is 56.5 Å². The molecule has 2 aliphatic rings. The Balaban J connectivity index is 1.71. The summed E-state index contributed by atoms with van der Waals surface area (Å²) in [6, 6.07) is 11.4. The molecular formula is C19H21NOS. The smallest absolute Gasteiger partial charge is 0.255 e. The highest BCUT2D eigenvalue weighted by Crippen LogP contribution is 2.43. The van der Waals surface area contributed by atoms with E-state index in [0.29, 0.717) is 6.04 Å². The van der Waals surface area contributed by atoms with Gasteiger partial charge in [-0.1, -0.05) is 24.3 Å². The van der Waals surface area contributed by atoms with Crippen molar-refractivity contribution >= 4 is 17.2 Å². The van der Waals surface area contributed by atoms with Gasteiger partial charge in [-0.05, 0) is 56.7 Å². The molecule has 0 saturated heterocycles. The monoisotopic (exact) mass is 311 g/mol. The zero-order valence-electron chi connectivity index (χ0n) is 13.1. The number of thiophene rings is 1. The van der Waals surface area contributed by atoms with Gasteiger partial charge in [-0.15, -0.1) is 11.3 Å². The number of carbonyl (C=O) groups is 1. The van der Waals surface area contributed by atoms with Gasteiger partial charge in [-0.3, -0.25) is 4.79 Å². The van der Waals surface area contributed by atoms with Crippen molar-refractivity contribution < 1.29 is 4.79 Å². The number of hydrogen-bond donors (Lipinski definition) is 0. The van der Waals surface area contributed by atoms with E-state index >= 15 is 0 Å². The first-order valence-corrected chi connectivity index (χ1v) is 8.94. The minimum absolute atomic E-state index is 0.242. The SMILES string of the molecule is Cc1cc(C(=O)N(C2CC2)C2CCc3ccccc32)c(C)s1. The molecule has 0 radical (unpaired) electrons. The lowest BCUT2D eigenvalue weighted by Crippen LogP contribution is -2.36. The second-order valence-corrected chi connectivity index (χ2v) is 7.98. The first-order chi connectivity index (χ1) is 10.6. The molecule has 3 heteroatoms. The molecule has 0 spiro atoms. The molecule has 1 aromatic carbocycles. The molecule has 1 unspecified atom stereocenters. The fraction of sp³-hybridized carbons (Fsp3) is 0.421. The van der Waals surface area contributed by atoms with Crippen LogP contribution < -0.4 is 0 Å². The molecule has 1 heterocycles. The third-order valence-corrected chi connectivity index (χ3v) is 5.85. The Bertz CT molecular complexity index is 729. The Morgan fingerprint density at radius 2 is 1.95 bits per heavy atom. The van der Waals surface area contributed by atoms with E-state index in [-0.39, 0.29) is 11.9 Å². The molecule has 0 aliphatic heterocycles. The molecule has 2 aliphatic carbocycles. The van der Waals surface area contributed by atoms with E-state index in [4.69, 9.17) is 0 Å². The van der Waals surface area contributed by atoms with E-state index in [2.05, 4.69) is 49.1 Å². The van der Waals surface area contributed by atoms with Crippen molar-refractivity contribution in [2.75, 3.05) is 0 Å². The third-order valence-electron chi connectivity index (χ3n) is 4.88. The highest BCUT2D eigenvalue weighted by Gasteiger charge is 2.41. The molecule has 2 aromatic rings. The van der Waals surface area contributed by atoms with Crippen molar-refractivity contribution in [1.82, 2.24) is 4.90 Å². The lowest BCUT2D eigenvalue weighted by Gasteiger charge is -2.30. The summed E-state index contributed by atoms with van der Waals surface area (Å²) in [4.78, 5) is 17.8. The standard InChI is InChI=1S/C19H21NOS/c1-12-11-17(13(2)22-12)19(21)20(15-8-9-15)18-10-7-14-5-3-4-6-16(14)18/h3-6,11,15,18H,7-10H2,1-2H3. The molecule has 1 atom stereocenters. The average molecular weight is 311 g/mol. The van der Waals surface area contributed by atoms with Gasteiger partial charge in [-0.2, -0.15) is 0 Å². The Morgan fingerprint density at radius 1 is 1.18 bits per heavy atom. The molecule has 1 aromatic heterocycles. The Labute approximate surface area is 135 Å². The van der Waals surface area contributed by atoms with Crippen LogP contribution in [-0.4, -0.2) is 16.8 Å². The number of nitrogens with zero attached hydrogens (tertiary/aromatic N) is 1.